The zero-order chi connectivity index (χ0) is 17.2. The zero-order valence-corrected chi connectivity index (χ0v) is 22.7. The van der Waals surface area contributed by atoms with Crippen LogP contribution in [-0.2, 0) is 28.6 Å². The summed E-state index contributed by atoms with van der Waals surface area (Å²) in [5.74, 6) is 0. The van der Waals surface area contributed by atoms with Crippen molar-refractivity contribution in [3.05, 3.63) is 0 Å². The molecule has 7 heteroatoms. The molecule has 0 rings (SSSR count). The Hall–Kier alpha value is 1.73. The molecule has 0 unspecified atom stereocenters. The minimum Gasteiger partial charge on any atom is -0.790 e. The predicted octanol–water partition coefficient (Wildman–Crippen LogP) is 2.09. The molecule has 0 aromatic carbocycles. The van der Waals surface area contributed by atoms with Gasteiger partial charge in [-0.3, -0.25) is 0 Å². The van der Waals surface area contributed by atoms with Crippen LogP contribution in [0, 0.1) is 0 Å². The first kappa shape index (κ1) is 31.4. The van der Waals surface area contributed by atoms with Crippen LogP contribution >= 0.6 is 7.82 Å². The van der Waals surface area contributed by atoms with Crippen LogP contribution in [0.2, 0.25) is 0 Å². The molecule has 0 atom stereocenters. The van der Waals surface area contributed by atoms with E-state index in [2.05, 4.69) is 11.4 Å². The number of phosphoric acid groups is 1. The summed E-state index contributed by atoms with van der Waals surface area (Å²) < 4.78 is 14.4. The van der Waals surface area contributed by atoms with Gasteiger partial charge in [-0.1, -0.05) is 103 Å². The minimum atomic E-state index is -4.76. The number of unbranched alkanes of at least 4 members (excludes halogenated alkanes) is 15. The van der Waals surface area contributed by atoms with Gasteiger partial charge in [0.15, 0.2) is 0 Å². The van der Waals surface area contributed by atoms with Crippen molar-refractivity contribution in [2.45, 2.75) is 110 Å². The molecule has 0 aliphatic rings. The number of rotatable bonds is 18. The van der Waals surface area contributed by atoms with E-state index in [1.165, 1.54) is 83.5 Å². The quantitative estimate of drug-likeness (QED) is 0.187. The smallest absolute Gasteiger partial charge is 0.790 e. The maximum absolute atomic E-state index is 10.2. The molecule has 0 spiro atoms. The third-order valence-electron chi connectivity index (χ3n) is 4.25. The second-order valence-corrected chi connectivity index (χ2v) is 7.74. The van der Waals surface area contributed by atoms with Crippen molar-refractivity contribution in [1.29, 1.82) is 0 Å². The van der Waals surface area contributed by atoms with Gasteiger partial charge in [0, 0.05) is 0 Å². The fraction of sp³-hybridized carbons (Fsp3) is 1.00. The van der Waals surface area contributed by atoms with Crippen LogP contribution in [0.15, 0.2) is 0 Å². The van der Waals surface area contributed by atoms with E-state index in [0.29, 0.717) is 6.42 Å². The Morgan fingerprint density at radius 3 is 1.20 bits per heavy atom. The van der Waals surface area contributed by atoms with E-state index < -0.39 is 7.82 Å². The molecule has 0 amide bonds. The van der Waals surface area contributed by atoms with Crippen LogP contribution in [0.25, 0.3) is 0 Å². The van der Waals surface area contributed by atoms with Crippen molar-refractivity contribution in [2.24, 2.45) is 0 Å². The topological polar surface area (TPSA) is 72.4 Å². The normalized spacial score (nSPS) is 11.0. The Morgan fingerprint density at radius 2 is 0.920 bits per heavy atom. The van der Waals surface area contributed by atoms with E-state index in [1.54, 1.807) is 0 Å². The maximum Gasteiger partial charge on any atom is 2.00 e. The van der Waals surface area contributed by atoms with Crippen molar-refractivity contribution in [3.63, 3.8) is 0 Å². The molecule has 0 saturated carbocycles. The van der Waals surface area contributed by atoms with E-state index in [1.807, 2.05) is 0 Å². The molecule has 0 bridgehead atoms. The molecule has 0 heterocycles. The summed E-state index contributed by atoms with van der Waals surface area (Å²) in [5.41, 5.74) is 0. The summed E-state index contributed by atoms with van der Waals surface area (Å²) in [6, 6.07) is 0. The summed E-state index contributed by atoms with van der Waals surface area (Å²) in [6.07, 6.45) is 20.3. The second kappa shape index (κ2) is 23.8. The first-order valence-corrected chi connectivity index (χ1v) is 11.2. The summed E-state index contributed by atoms with van der Waals surface area (Å²) >= 11 is 0. The predicted molar refractivity (Wildman–Crippen MR) is 93.1 cm³/mol. The largest absolute Gasteiger partial charge is 2.00 e. The number of phosphoric ester groups is 1. The van der Waals surface area contributed by atoms with Crippen LogP contribution in [0.4, 0.5) is 0 Å². The van der Waals surface area contributed by atoms with Gasteiger partial charge in [-0.2, -0.15) is 0 Å². The molecule has 0 radical (unpaired) electrons. The monoisotopic (exact) mass is 435 g/mol. The first-order chi connectivity index (χ1) is 11.1. The second-order valence-electron chi connectivity index (χ2n) is 6.58. The minimum absolute atomic E-state index is 0. The van der Waals surface area contributed by atoms with Crippen LogP contribution in [0.3, 0.4) is 0 Å². The number of hydrogen-bond acceptors (Lipinski definition) is 4. The van der Waals surface area contributed by atoms with Gasteiger partial charge in [0.2, 0.25) is 0 Å². The van der Waals surface area contributed by atoms with Gasteiger partial charge < -0.3 is 18.9 Å². The molecule has 0 saturated heterocycles. The maximum atomic E-state index is 10.2. The summed E-state index contributed by atoms with van der Waals surface area (Å²) in [6.45, 7) is 2.30. The molecule has 0 aliphatic heterocycles. The molecule has 0 aromatic heterocycles. The fourth-order valence-electron chi connectivity index (χ4n) is 2.83. The van der Waals surface area contributed by atoms with Gasteiger partial charge in [0.25, 0.3) is 0 Å². The standard InChI is InChI=1S/C18H39O4P.Na.Zn/c1-2-3-4-5-6-7-8-9-10-11-12-13-14-15-16-17-18-22-23(19,20)21;;/h2-18H2,1H3,(H2,19,20,21);;/q;+1;+2/p-2. The van der Waals surface area contributed by atoms with Gasteiger partial charge in [-0.05, 0) is 6.42 Å². The SMILES string of the molecule is CCCCCCCCCCCCCCCCCCOP(=O)([O-])[O-].[Na+].[Zn+2]. The summed E-state index contributed by atoms with van der Waals surface area (Å²) in [4.78, 5) is 20.5. The molecule has 25 heavy (non-hydrogen) atoms. The van der Waals surface area contributed by atoms with Crippen molar-refractivity contribution < 1.29 is 67.9 Å². The average Bonchev–Trinajstić information content (AvgIpc) is 2.49. The van der Waals surface area contributed by atoms with E-state index in [-0.39, 0.29) is 55.6 Å². The van der Waals surface area contributed by atoms with Crippen molar-refractivity contribution >= 4 is 7.82 Å². The van der Waals surface area contributed by atoms with Crippen LogP contribution < -0.4 is 39.3 Å². The third-order valence-corrected chi connectivity index (χ3v) is 4.75. The molecular formula is C18H37NaO4PZn+. The van der Waals surface area contributed by atoms with Crippen LogP contribution in [0.1, 0.15) is 110 Å². The van der Waals surface area contributed by atoms with Gasteiger partial charge in [0.1, 0.15) is 0 Å². The Labute approximate surface area is 190 Å². The Balaban J connectivity index is -0.00000242. The fourth-order valence-corrected chi connectivity index (χ4v) is 3.18. The van der Waals surface area contributed by atoms with E-state index in [0.717, 1.165) is 12.8 Å². The Bertz CT molecular complexity index is 290. The van der Waals surface area contributed by atoms with Crippen molar-refractivity contribution in [1.82, 2.24) is 0 Å². The number of hydrogen-bond donors (Lipinski definition) is 0. The molecule has 0 aromatic rings. The van der Waals surface area contributed by atoms with E-state index in [9.17, 15) is 14.4 Å². The molecule has 140 valence electrons. The third kappa shape index (κ3) is 30.7. The van der Waals surface area contributed by atoms with Gasteiger partial charge in [0.05, 0.1) is 14.4 Å². The van der Waals surface area contributed by atoms with Crippen molar-refractivity contribution in [3.8, 4) is 0 Å². The van der Waals surface area contributed by atoms with E-state index in [4.69, 9.17) is 0 Å². The summed E-state index contributed by atoms with van der Waals surface area (Å²) in [7, 11) is -4.76. The van der Waals surface area contributed by atoms with Gasteiger partial charge in [-0.25, -0.2) is 0 Å². The molecule has 0 fully saturated rings. The summed E-state index contributed by atoms with van der Waals surface area (Å²) in [5, 5.41) is 0. The Kier molecular flexibility index (Phi) is 29.9. The van der Waals surface area contributed by atoms with Crippen molar-refractivity contribution in [2.75, 3.05) is 6.61 Å². The first-order valence-electron chi connectivity index (χ1n) is 9.73. The average molecular weight is 437 g/mol. The zero-order valence-electron chi connectivity index (χ0n) is 16.8. The molecular weight excluding hydrogens is 400 g/mol. The van der Waals surface area contributed by atoms with Gasteiger partial charge in [-0.15, -0.1) is 0 Å². The Morgan fingerprint density at radius 1 is 0.640 bits per heavy atom. The van der Waals surface area contributed by atoms with Crippen LogP contribution in [-0.4, -0.2) is 6.61 Å². The molecule has 0 N–H and O–H groups in total. The molecule has 0 aliphatic carbocycles. The van der Waals surface area contributed by atoms with E-state index >= 15 is 0 Å². The molecule has 4 nitrogen and oxygen atoms in total. The van der Waals surface area contributed by atoms with Gasteiger partial charge >= 0.3 is 49.0 Å². The van der Waals surface area contributed by atoms with Crippen LogP contribution in [0.5, 0.6) is 0 Å².